The zero-order valence-electron chi connectivity index (χ0n) is 8.08. The molecule has 0 aliphatic rings. The van der Waals surface area contributed by atoms with Gasteiger partial charge in [0.05, 0.1) is 7.85 Å². The number of rotatable bonds is 4. The summed E-state index contributed by atoms with van der Waals surface area (Å²) < 4.78 is 0. The largest absolute Gasteiger partial charge is 0.120 e. The Labute approximate surface area is 77.1 Å². The molecule has 0 bridgehead atoms. The summed E-state index contributed by atoms with van der Waals surface area (Å²) in [5.41, 5.74) is 0. The number of alkyl halides is 1. The van der Waals surface area contributed by atoms with Gasteiger partial charge in [0, 0.05) is 4.87 Å². The van der Waals surface area contributed by atoms with E-state index in [1.54, 1.807) is 0 Å². The van der Waals surface area contributed by atoms with Crippen LogP contribution in [0.3, 0.4) is 0 Å². The van der Waals surface area contributed by atoms with Crippen molar-refractivity contribution in [3.05, 3.63) is 0 Å². The summed E-state index contributed by atoms with van der Waals surface area (Å²) in [6.45, 7) is 8.31. The molecule has 2 radical (unpaired) electrons. The van der Waals surface area contributed by atoms with Crippen LogP contribution in [0.25, 0.3) is 0 Å². The Morgan fingerprint density at radius 2 is 1.64 bits per heavy atom. The molecule has 0 rings (SSSR count). The lowest BCUT2D eigenvalue weighted by atomic mass is 9.63. The van der Waals surface area contributed by atoms with Crippen molar-refractivity contribution >= 4 is 19.4 Å². The van der Waals surface area contributed by atoms with Crippen molar-refractivity contribution in [3.63, 3.8) is 0 Å². The zero-order valence-corrected chi connectivity index (χ0v) is 8.83. The fourth-order valence-corrected chi connectivity index (χ4v) is 1.40. The van der Waals surface area contributed by atoms with Gasteiger partial charge in [-0.15, -0.1) is 11.6 Å². The van der Waals surface area contributed by atoms with Crippen LogP contribution >= 0.6 is 11.6 Å². The highest BCUT2D eigenvalue weighted by Gasteiger charge is 2.27. The van der Waals surface area contributed by atoms with Gasteiger partial charge < -0.3 is 0 Å². The van der Waals surface area contributed by atoms with Gasteiger partial charge >= 0.3 is 0 Å². The summed E-state index contributed by atoms with van der Waals surface area (Å²) in [7, 11) is 5.99. The SMILES string of the molecule is [B][C@](C)(CC)CC(C)(Cl)CC. The van der Waals surface area contributed by atoms with Gasteiger partial charge in [-0.3, -0.25) is 0 Å². The molecular weight excluding hydrogens is 154 g/mol. The second kappa shape index (κ2) is 3.84. The monoisotopic (exact) mass is 172 g/mol. The van der Waals surface area contributed by atoms with Crippen LogP contribution in [0.1, 0.15) is 47.0 Å². The molecule has 1 unspecified atom stereocenters. The van der Waals surface area contributed by atoms with Crippen LogP contribution in [-0.4, -0.2) is 12.7 Å². The van der Waals surface area contributed by atoms with E-state index in [2.05, 4.69) is 27.7 Å². The summed E-state index contributed by atoms with van der Waals surface area (Å²) in [4.78, 5) is -0.125. The Kier molecular flexibility index (Phi) is 3.97. The fourth-order valence-electron chi connectivity index (χ4n) is 1.09. The van der Waals surface area contributed by atoms with E-state index < -0.39 is 0 Å². The maximum absolute atomic E-state index is 6.20. The topological polar surface area (TPSA) is 0 Å². The average Bonchev–Trinajstić information content (AvgIpc) is 1.86. The van der Waals surface area contributed by atoms with Crippen LogP contribution in [0.15, 0.2) is 0 Å². The molecule has 0 fully saturated rings. The van der Waals surface area contributed by atoms with Gasteiger partial charge in [0.1, 0.15) is 0 Å². The smallest absolute Gasteiger partial charge is 0.0743 e. The second-order valence-corrected chi connectivity index (χ2v) is 4.86. The molecule has 0 aliphatic heterocycles. The molecular formula is C9H18BCl. The van der Waals surface area contributed by atoms with Crippen molar-refractivity contribution in [3.8, 4) is 0 Å². The Balaban J connectivity index is 4.02. The molecule has 0 amide bonds. The minimum Gasteiger partial charge on any atom is -0.120 e. The van der Waals surface area contributed by atoms with E-state index >= 15 is 0 Å². The van der Waals surface area contributed by atoms with Crippen LogP contribution in [0, 0.1) is 0 Å². The van der Waals surface area contributed by atoms with Gasteiger partial charge in [-0.2, -0.15) is 0 Å². The zero-order chi connectivity index (χ0) is 9.12. The van der Waals surface area contributed by atoms with E-state index in [1.165, 1.54) is 0 Å². The number of hydrogen-bond donors (Lipinski definition) is 0. The summed E-state index contributed by atoms with van der Waals surface area (Å²) in [5, 5.41) is -0.105. The Morgan fingerprint density at radius 1 is 1.18 bits per heavy atom. The Bertz CT molecular complexity index is 105. The molecule has 0 saturated heterocycles. The molecule has 0 N–H and O–H groups in total. The average molecular weight is 173 g/mol. The maximum Gasteiger partial charge on any atom is 0.0743 e. The van der Waals surface area contributed by atoms with Crippen LogP contribution in [-0.2, 0) is 0 Å². The van der Waals surface area contributed by atoms with Crippen molar-refractivity contribution in [2.75, 3.05) is 0 Å². The lowest BCUT2D eigenvalue weighted by molar-refractivity contribution is 0.440. The lowest BCUT2D eigenvalue weighted by Gasteiger charge is -2.32. The minimum atomic E-state index is -0.125. The highest BCUT2D eigenvalue weighted by molar-refractivity contribution is 6.24. The van der Waals surface area contributed by atoms with E-state index in [1.807, 2.05) is 0 Å². The van der Waals surface area contributed by atoms with Crippen LogP contribution in [0.5, 0.6) is 0 Å². The van der Waals surface area contributed by atoms with Gasteiger partial charge in [-0.25, -0.2) is 0 Å². The highest BCUT2D eigenvalue weighted by Crippen LogP contribution is 2.39. The fraction of sp³-hybridized carbons (Fsp3) is 1.00. The third kappa shape index (κ3) is 4.74. The molecule has 2 heteroatoms. The summed E-state index contributed by atoms with van der Waals surface area (Å²) >= 11 is 6.20. The molecule has 0 nitrogen and oxygen atoms in total. The van der Waals surface area contributed by atoms with E-state index in [4.69, 9.17) is 19.4 Å². The first-order valence-corrected chi connectivity index (χ1v) is 4.68. The minimum absolute atomic E-state index is 0.105. The normalized spacial score (nSPS) is 22.3. The number of halogens is 1. The first-order chi connectivity index (χ1) is 4.83. The van der Waals surface area contributed by atoms with Gasteiger partial charge in [0.2, 0.25) is 0 Å². The Hall–Kier alpha value is 0.355. The Morgan fingerprint density at radius 3 is 1.91 bits per heavy atom. The van der Waals surface area contributed by atoms with Crippen molar-refractivity contribution in [1.29, 1.82) is 0 Å². The van der Waals surface area contributed by atoms with Crippen LogP contribution in [0.2, 0.25) is 5.31 Å². The van der Waals surface area contributed by atoms with Gasteiger partial charge in [0.25, 0.3) is 0 Å². The van der Waals surface area contributed by atoms with E-state index in [0.29, 0.717) is 0 Å². The summed E-state index contributed by atoms with van der Waals surface area (Å²) in [6.07, 6.45) is 2.84. The van der Waals surface area contributed by atoms with E-state index in [0.717, 1.165) is 19.3 Å². The standard InChI is InChI=1S/C9H18BCl/c1-5-8(3,10)7-9(4,11)6-2/h5-7H2,1-4H3/t8-,9?/m1/s1. The molecule has 0 aromatic carbocycles. The van der Waals surface area contributed by atoms with Crippen molar-refractivity contribution in [1.82, 2.24) is 0 Å². The lowest BCUT2D eigenvalue weighted by Crippen LogP contribution is -2.23. The number of hydrogen-bond acceptors (Lipinski definition) is 0. The molecule has 64 valence electrons. The van der Waals surface area contributed by atoms with E-state index in [9.17, 15) is 0 Å². The molecule has 0 aromatic heterocycles. The van der Waals surface area contributed by atoms with Gasteiger partial charge in [-0.05, 0) is 19.8 Å². The van der Waals surface area contributed by atoms with Crippen LogP contribution in [0.4, 0.5) is 0 Å². The molecule has 2 atom stereocenters. The van der Waals surface area contributed by atoms with E-state index in [-0.39, 0.29) is 10.2 Å². The summed E-state index contributed by atoms with van der Waals surface area (Å²) in [6, 6.07) is 0. The van der Waals surface area contributed by atoms with Gasteiger partial charge in [-0.1, -0.05) is 32.5 Å². The van der Waals surface area contributed by atoms with Gasteiger partial charge in [0.15, 0.2) is 0 Å². The molecule has 0 spiro atoms. The predicted octanol–water partition coefficient (Wildman–Crippen LogP) is 3.54. The molecule has 0 aromatic rings. The molecule has 0 aliphatic carbocycles. The first kappa shape index (κ1) is 11.4. The second-order valence-electron chi connectivity index (χ2n) is 3.95. The summed E-state index contributed by atoms with van der Waals surface area (Å²) in [5.74, 6) is 0. The van der Waals surface area contributed by atoms with Crippen LogP contribution < -0.4 is 0 Å². The molecule has 11 heavy (non-hydrogen) atoms. The third-order valence-electron chi connectivity index (χ3n) is 2.32. The highest BCUT2D eigenvalue weighted by atomic mass is 35.5. The third-order valence-corrected chi connectivity index (χ3v) is 2.72. The molecule has 0 heterocycles. The van der Waals surface area contributed by atoms with Crippen molar-refractivity contribution in [2.24, 2.45) is 0 Å². The quantitative estimate of drug-likeness (QED) is 0.449. The maximum atomic E-state index is 6.20. The van der Waals surface area contributed by atoms with Crippen molar-refractivity contribution in [2.45, 2.75) is 57.1 Å². The predicted molar refractivity (Wildman–Crippen MR) is 53.6 cm³/mol. The first-order valence-electron chi connectivity index (χ1n) is 4.31. The van der Waals surface area contributed by atoms with Crippen molar-refractivity contribution < 1.29 is 0 Å². The molecule has 0 saturated carbocycles.